The van der Waals surface area contributed by atoms with E-state index in [4.69, 9.17) is 22.3 Å². The molecule has 1 aromatic rings. The van der Waals surface area contributed by atoms with Crippen LogP contribution in [0.25, 0.3) is 0 Å². The van der Waals surface area contributed by atoms with Gasteiger partial charge >= 0.3 is 6.18 Å². The number of benzene rings is 1. The van der Waals surface area contributed by atoms with Crippen molar-refractivity contribution < 1.29 is 13.2 Å². The molecular weight excluding hydrogens is 292 g/mol. The summed E-state index contributed by atoms with van der Waals surface area (Å²) in [5.41, 5.74) is -0.771. The largest absolute Gasteiger partial charge is 0.416 e. The minimum Gasteiger partial charge on any atom is -0.166 e. The van der Waals surface area contributed by atoms with E-state index in [0.717, 1.165) is 23.1 Å². The van der Waals surface area contributed by atoms with E-state index in [-0.39, 0.29) is 5.02 Å². The zero-order valence-corrected chi connectivity index (χ0v) is 12.4. The van der Waals surface area contributed by atoms with Gasteiger partial charge in [0.05, 0.1) is 10.6 Å². The molecule has 0 aliphatic carbocycles. The van der Waals surface area contributed by atoms with E-state index in [9.17, 15) is 13.2 Å². The van der Waals surface area contributed by atoms with Crippen LogP contribution in [-0.2, 0) is 6.18 Å². The van der Waals surface area contributed by atoms with Gasteiger partial charge in [0.2, 0.25) is 0 Å². The van der Waals surface area contributed by atoms with Gasteiger partial charge in [0.25, 0.3) is 0 Å². The Morgan fingerprint density at radius 2 is 1.53 bits per heavy atom. The summed E-state index contributed by atoms with van der Waals surface area (Å²) >= 11 is 5.53. The summed E-state index contributed by atoms with van der Waals surface area (Å²) in [6, 6.07) is 3.03. The second kappa shape index (κ2) is 9.92. The van der Waals surface area contributed by atoms with Crippen molar-refractivity contribution in [2.75, 3.05) is 0 Å². The lowest BCUT2D eigenvalue weighted by Crippen LogP contribution is -2.04. The molecule has 17 heavy (non-hydrogen) atoms. The van der Waals surface area contributed by atoms with E-state index in [1.165, 1.54) is 6.07 Å². The Morgan fingerprint density at radius 3 is 1.82 bits per heavy atom. The molecule has 0 aliphatic heterocycles. The molecule has 0 amide bonds. The molecule has 0 spiro atoms. The predicted molar refractivity (Wildman–Crippen MR) is 70.9 cm³/mol. The lowest BCUT2D eigenvalue weighted by atomic mass is 10.2. The van der Waals surface area contributed by atoms with Crippen molar-refractivity contribution in [3.05, 3.63) is 28.8 Å². The van der Waals surface area contributed by atoms with Gasteiger partial charge in [-0.15, -0.1) is 0 Å². The smallest absolute Gasteiger partial charge is 0.166 e. The van der Waals surface area contributed by atoms with E-state index < -0.39 is 11.7 Å². The van der Waals surface area contributed by atoms with E-state index in [1.54, 1.807) is 0 Å². The molecule has 0 aromatic heterocycles. The lowest BCUT2D eigenvalue weighted by Gasteiger charge is -2.07. The quantitative estimate of drug-likeness (QED) is 0.559. The van der Waals surface area contributed by atoms with Crippen LogP contribution < -0.4 is 0 Å². The Labute approximate surface area is 114 Å². The Balaban J connectivity index is 0. The first kappa shape index (κ1) is 19.3. The Hall–Kier alpha value is -0.0600. The molecule has 0 unspecified atom stereocenters. The molecule has 0 heterocycles. The number of alkyl halides is 3. The molecule has 0 nitrogen and oxygen atoms in total. The molecule has 0 bridgehead atoms. The predicted octanol–water partition coefficient (Wildman–Crippen LogP) is 6.66. The Kier molecular flexibility index (Phi) is 11.3. The zero-order valence-electron chi connectivity index (χ0n) is 10.0. The fourth-order valence-electron chi connectivity index (χ4n) is 0.740. The molecule has 0 fully saturated rings. The van der Waals surface area contributed by atoms with E-state index in [0.29, 0.717) is 4.90 Å². The van der Waals surface area contributed by atoms with Crippen LogP contribution in [0.15, 0.2) is 23.1 Å². The fourth-order valence-corrected chi connectivity index (χ4v) is 1.81. The Bertz CT molecular complexity index is 314. The van der Waals surface area contributed by atoms with Crippen LogP contribution in [0, 0.1) is 0 Å². The van der Waals surface area contributed by atoms with Crippen LogP contribution in [0.5, 0.6) is 0 Å². The van der Waals surface area contributed by atoms with Crippen molar-refractivity contribution in [1.82, 2.24) is 0 Å². The number of rotatable bonds is 1. The van der Waals surface area contributed by atoms with Gasteiger partial charge in [0.15, 0.2) is 0 Å². The fraction of sp³-hybridized carbons (Fsp3) is 0.455. The van der Waals surface area contributed by atoms with Crippen molar-refractivity contribution in [2.45, 2.75) is 38.8 Å². The molecule has 6 heteroatoms. The monoisotopic (exact) mass is 306 g/mol. The lowest BCUT2D eigenvalue weighted by molar-refractivity contribution is -0.137. The molecule has 0 saturated heterocycles. The molecule has 0 radical (unpaired) electrons. The number of hydrogen-bond acceptors (Lipinski definition) is 1. The molecule has 0 saturated carbocycles. The number of halogens is 5. The first-order chi connectivity index (χ1) is 7.95. The van der Waals surface area contributed by atoms with Crippen molar-refractivity contribution in [3.8, 4) is 0 Å². The molecule has 1 aromatic carbocycles. The first-order valence-corrected chi connectivity index (χ1v) is 7.12. The molecule has 0 N–H and O–H groups in total. The molecule has 0 aliphatic rings. The minimum absolute atomic E-state index is 0.00910. The van der Waals surface area contributed by atoms with Gasteiger partial charge < -0.3 is 0 Å². The third-order valence-electron chi connectivity index (χ3n) is 1.34. The second-order valence-electron chi connectivity index (χ2n) is 2.22. The third-order valence-corrected chi connectivity index (χ3v) is 2.79. The maximum Gasteiger partial charge on any atom is 0.416 e. The van der Waals surface area contributed by atoms with Crippen LogP contribution in [0.1, 0.15) is 33.3 Å². The van der Waals surface area contributed by atoms with E-state index >= 15 is 0 Å². The summed E-state index contributed by atoms with van der Waals surface area (Å²) in [6.45, 7) is 8.00. The highest BCUT2D eigenvalue weighted by Gasteiger charge is 2.30. The highest BCUT2D eigenvalue weighted by atomic mass is 35.7. The topological polar surface area (TPSA) is 0 Å². The highest BCUT2D eigenvalue weighted by molar-refractivity contribution is 8.21. The summed E-state index contributed by atoms with van der Waals surface area (Å²) in [7, 11) is 6.14. The van der Waals surface area contributed by atoms with Crippen molar-refractivity contribution in [1.29, 1.82) is 0 Å². The SMILES string of the molecule is CC.CC.FC(F)(F)c1ccc(SCl)c(Cl)c1. The number of hydrogen-bond donors (Lipinski definition) is 0. The zero-order chi connectivity index (χ0) is 14.1. The van der Waals surface area contributed by atoms with E-state index in [2.05, 4.69) is 0 Å². The summed E-state index contributed by atoms with van der Waals surface area (Å²) in [6.07, 6.45) is -4.36. The Morgan fingerprint density at radius 1 is 1.06 bits per heavy atom. The summed E-state index contributed by atoms with van der Waals surface area (Å²) < 4.78 is 36.3. The van der Waals surface area contributed by atoms with Gasteiger partial charge in [-0.2, -0.15) is 13.2 Å². The van der Waals surface area contributed by atoms with Gasteiger partial charge in [0, 0.05) is 4.90 Å². The molecule has 1 rings (SSSR count). The van der Waals surface area contributed by atoms with Gasteiger partial charge in [-0.25, -0.2) is 0 Å². The molecule has 100 valence electrons. The normalized spacial score (nSPS) is 9.71. The summed E-state index contributed by atoms with van der Waals surface area (Å²) in [4.78, 5) is 0.413. The van der Waals surface area contributed by atoms with Crippen LogP contribution in [0.2, 0.25) is 5.02 Å². The van der Waals surface area contributed by atoms with Crippen LogP contribution >= 0.6 is 33.3 Å². The third kappa shape index (κ3) is 7.06. The molecule has 0 atom stereocenters. The average molecular weight is 307 g/mol. The van der Waals surface area contributed by atoms with E-state index in [1.807, 2.05) is 27.7 Å². The average Bonchev–Trinajstić information content (AvgIpc) is 2.33. The summed E-state index contributed by atoms with van der Waals surface area (Å²) in [5.74, 6) is 0. The maximum absolute atomic E-state index is 12.1. The van der Waals surface area contributed by atoms with Gasteiger partial charge in [-0.3, -0.25) is 0 Å². The van der Waals surface area contributed by atoms with Crippen molar-refractivity contribution in [3.63, 3.8) is 0 Å². The first-order valence-electron chi connectivity index (χ1n) is 5.10. The minimum atomic E-state index is -4.36. The van der Waals surface area contributed by atoms with Crippen LogP contribution in [0.4, 0.5) is 13.2 Å². The van der Waals surface area contributed by atoms with Crippen molar-refractivity contribution in [2.24, 2.45) is 0 Å². The molecular formula is C11H15Cl2F3S. The van der Waals surface area contributed by atoms with Gasteiger partial charge in [-0.1, -0.05) is 39.3 Å². The summed E-state index contributed by atoms with van der Waals surface area (Å²) in [5, 5.41) is 0.00910. The standard InChI is InChI=1S/C7H3Cl2F3S.2C2H6/c8-5-3-4(7(10,11)12)1-2-6(5)13-9;2*1-2/h1-3H;2*1-2H3. The maximum atomic E-state index is 12.1. The second-order valence-corrected chi connectivity index (χ2v) is 3.68. The van der Waals surface area contributed by atoms with Crippen molar-refractivity contribution >= 4 is 33.3 Å². The van der Waals surface area contributed by atoms with Gasteiger partial charge in [0.1, 0.15) is 0 Å². The van der Waals surface area contributed by atoms with Crippen LogP contribution in [0.3, 0.4) is 0 Å². The van der Waals surface area contributed by atoms with Crippen LogP contribution in [-0.4, -0.2) is 0 Å². The highest BCUT2D eigenvalue weighted by Crippen LogP contribution is 2.36. The van der Waals surface area contributed by atoms with Gasteiger partial charge in [-0.05, 0) is 39.9 Å².